The molecule has 0 fully saturated rings. The van der Waals surface area contributed by atoms with Gasteiger partial charge in [0.05, 0.1) is 0 Å². The average molecular weight is 292 g/mol. The first-order valence-electron chi connectivity index (χ1n) is 6.40. The smallest absolute Gasteiger partial charge is 0.382 e. The van der Waals surface area contributed by atoms with Crippen molar-refractivity contribution in [3.63, 3.8) is 0 Å². The first kappa shape index (κ1) is 15.0. The summed E-state index contributed by atoms with van der Waals surface area (Å²) in [6.45, 7) is 1.20. The Morgan fingerprint density at radius 2 is 1.95 bits per heavy atom. The molecule has 0 radical (unpaired) electrons. The van der Waals surface area contributed by atoms with Crippen LogP contribution in [0, 0.1) is 0 Å². The fourth-order valence-corrected chi connectivity index (χ4v) is 1.83. The van der Waals surface area contributed by atoms with E-state index in [0.717, 1.165) is 16.5 Å². The zero-order valence-corrected chi connectivity index (χ0v) is 11.4. The van der Waals surface area contributed by atoms with Crippen LogP contribution in [-0.4, -0.2) is 34.2 Å². The van der Waals surface area contributed by atoms with Crippen LogP contribution in [0.4, 0.5) is 0 Å². The second kappa shape index (κ2) is 6.38. The van der Waals surface area contributed by atoms with Crippen molar-refractivity contribution in [3.8, 4) is 0 Å². The number of nitrogens with one attached hydrogen (secondary N) is 1. The van der Waals surface area contributed by atoms with Gasteiger partial charge in [0.25, 0.3) is 0 Å². The zero-order valence-electron chi connectivity index (χ0n) is 11.4. The molecule has 0 amide bonds. The monoisotopic (exact) mass is 292 g/mol. The number of aromatic nitrogens is 1. The minimum Gasteiger partial charge on any atom is -0.382 e. The van der Waals surface area contributed by atoms with Crippen LogP contribution in [0.15, 0.2) is 30.5 Å². The number of hydrogen-bond donors (Lipinski definition) is 3. The molecule has 4 N–H and O–H groups in total. The van der Waals surface area contributed by atoms with E-state index in [1.165, 1.54) is 6.92 Å². The number of aromatic amines is 1. The van der Waals surface area contributed by atoms with Gasteiger partial charge < -0.3 is 15.8 Å². The van der Waals surface area contributed by atoms with E-state index in [2.05, 4.69) is 14.8 Å². The van der Waals surface area contributed by atoms with Crippen LogP contribution in [0.5, 0.6) is 0 Å². The van der Waals surface area contributed by atoms with Crippen molar-refractivity contribution in [2.45, 2.75) is 25.5 Å². The average Bonchev–Trinajstić information content (AvgIpc) is 2.87. The van der Waals surface area contributed by atoms with E-state index in [9.17, 15) is 9.59 Å². The molecule has 7 nitrogen and oxygen atoms in total. The number of rotatable bonds is 4. The second-order valence-electron chi connectivity index (χ2n) is 4.65. The first-order chi connectivity index (χ1) is 9.99. The Bertz CT molecular complexity index is 650. The molecule has 0 aliphatic heterocycles. The van der Waals surface area contributed by atoms with Crippen molar-refractivity contribution in [1.82, 2.24) is 4.98 Å². The third kappa shape index (κ3) is 3.59. The second-order valence-corrected chi connectivity index (χ2v) is 4.65. The van der Waals surface area contributed by atoms with Crippen molar-refractivity contribution in [2.75, 3.05) is 0 Å². The van der Waals surface area contributed by atoms with Crippen molar-refractivity contribution >= 4 is 22.8 Å². The molecule has 0 saturated carbocycles. The van der Waals surface area contributed by atoms with Gasteiger partial charge in [0, 0.05) is 23.5 Å². The van der Waals surface area contributed by atoms with Crippen molar-refractivity contribution in [2.24, 2.45) is 5.73 Å². The Labute approximate surface area is 120 Å². The van der Waals surface area contributed by atoms with Crippen LogP contribution < -0.4 is 5.73 Å². The highest BCUT2D eigenvalue weighted by Crippen LogP contribution is 2.18. The number of hydrogen-bond acceptors (Lipinski definition) is 6. The molecule has 0 bridgehead atoms. The van der Waals surface area contributed by atoms with Gasteiger partial charge in [0.2, 0.25) is 0 Å². The Morgan fingerprint density at radius 3 is 2.67 bits per heavy atom. The molecule has 0 aliphatic carbocycles. The lowest BCUT2D eigenvalue weighted by molar-refractivity contribution is -0.264. The first-order valence-corrected chi connectivity index (χ1v) is 6.40. The van der Waals surface area contributed by atoms with E-state index in [1.807, 2.05) is 24.3 Å². The molecule has 21 heavy (non-hydrogen) atoms. The predicted molar refractivity (Wildman–Crippen MR) is 73.8 cm³/mol. The molecular weight excluding hydrogens is 276 g/mol. The number of carbonyl (C=O) groups excluding carboxylic acids is 2. The molecule has 2 rings (SSSR count). The van der Waals surface area contributed by atoms with Gasteiger partial charge >= 0.3 is 11.9 Å². The summed E-state index contributed by atoms with van der Waals surface area (Å²) < 4.78 is 0. The molecule has 1 heterocycles. The van der Waals surface area contributed by atoms with Gasteiger partial charge in [-0.3, -0.25) is 0 Å². The third-order valence-corrected chi connectivity index (χ3v) is 2.96. The SMILES string of the molecule is CC(O)C(=O)OOC(=O)C(N)Cc1c[nH]c2ccccc12. The van der Waals surface area contributed by atoms with Crippen LogP contribution in [0.25, 0.3) is 10.9 Å². The molecular formula is C14H16N2O5. The van der Waals surface area contributed by atoms with Crippen LogP contribution in [0.3, 0.4) is 0 Å². The summed E-state index contributed by atoms with van der Waals surface area (Å²) in [6, 6.07) is 6.62. The van der Waals surface area contributed by atoms with Gasteiger partial charge in [-0.05, 0) is 18.6 Å². The fraction of sp³-hybridized carbons (Fsp3) is 0.286. The quantitative estimate of drug-likeness (QED) is 0.556. The molecule has 7 heteroatoms. The summed E-state index contributed by atoms with van der Waals surface area (Å²) in [6.07, 6.45) is 0.622. The molecule has 2 aromatic rings. The summed E-state index contributed by atoms with van der Waals surface area (Å²) in [7, 11) is 0. The zero-order chi connectivity index (χ0) is 15.4. The number of para-hydroxylation sites is 1. The highest BCUT2D eigenvalue weighted by atomic mass is 17.2. The molecule has 112 valence electrons. The van der Waals surface area contributed by atoms with Crippen LogP contribution >= 0.6 is 0 Å². The Kier molecular flexibility index (Phi) is 4.56. The Morgan fingerprint density at radius 1 is 1.29 bits per heavy atom. The summed E-state index contributed by atoms with van der Waals surface area (Å²) >= 11 is 0. The maximum Gasteiger partial charge on any atom is 0.383 e. The minimum atomic E-state index is -1.37. The van der Waals surface area contributed by atoms with Crippen molar-refractivity contribution in [1.29, 1.82) is 0 Å². The van der Waals surface area contributed by atoms with Crippen molar-refractivity contribution in [3.05, 3.63) is 36.0 Å². The highest BCUT2D eigenvalue weighted by Gasteiger charge is 2.21. The lowest BCUT2D eigenvalue weighted by Crippen LogP contribution is -2.35. The standard InChI is InChI=1S/C14H16N2O5/c1-8(17)13(18)20-21-14(19)11(15)6-9-7-16-12-5-3-2-4-10(9)12/h2-5,7-8,11,16-17H,6,15H2,1H3. The number of carbonyl (C=O) groups is 2. The number of aliphatic hydroxyl groups is 1. The van der Waals surface area contributed by atoms with E-state index in [0.29, 0.717) is 0 Å². The lowest BCUT2D eigenvalue weighted by atomic mass is 10.1. The van der Waals surface area contributed by atoms with Crippen LogP contribution in [0.1, 0.15) is 12.5 Å². The molecule has 2 atom stereocenters. The maximum absolute atomic E-state index is 11.6. The van der Waals surface area contributed by atoms with Gasteiger partial charge in [-0.1, -0.05) is 18.2 Å². The maximum atomic E-state index is 11.6. The van der Waals surface area contributed by atoms with E-state index in [1.54, 1.807) is 6.20 Å². The summed E-state index contributed by atoms with van der Waals surface area (Å²) in [5, 5.41) is 9.86. The van der Waals surface area contributed by atoms with Gasteiger partial charge in [-0.2, -0.15) is 0 Å². The highest BCUT2D eigenvalue weighted by molar-refractivity contribution is 5.84. The third-order valence-electron chi connectivity index (χ3n) is 2.96. The van der Waals surface area contributed by atoms with Crippen LogP contribution in [-0.2, 0) is 25.8 Å². The summed E-state index contributed by atoms with van der Waals surface area (Å²) in [4.78, 5) is 34.1. The van der Waals surface area contributed by atoms with Gasteiger partial charge in [0.1, 0.15) is 6.04 Å². The Balaban J connectivity index is 1.96. The van der Waals surface area contributed by atoms with Gasteiger partial charge in [0.15, 0.2) is 6.10 Å². The molecule has 2 unspecified atom stereocenters. The number of fused-ring (bicyclic) bond motifs is 1. The molecule has 0 aliphatic rings. The van der Waals surface area contributed by atoms with Crippen LogP contribution in [0.2, 0.25) is 0 Å². The predicted octanol–water partition coefficient (Wildman–Crippen LogP) is 0.420. The number of H-pyrrole nitrogens is 1. The summed E-state index contributed by atoms with van der Waals surface area (Å²) in [5.74, 6) is -1.93. The molecule has 0 spiro atoms. The molecule has 1 aromatic carbocycles. The van der Waals surface area contributed by atoms with E-state index >= 15 is 0 Å². The molecule has 0 saturated heterocycles. The fourth-order valence-electron chi connectivity index (χ4n) is 1.83. The molecule has 1 aromatic heterocycles. The topological polar surface area (TPSA) is 115 Å². The number of benzene rings is 1. The van der Waals surface area contributed by atoms with Gasteiger partial charge in [-0.15, -0.1) is 0 Å². The lowest BCUT2D eigenvalue weighted by Gasteiger charge is -2.10. The van der Waals surface area contributed by atoms with Gasteiger partial charge in [-0.25, -0.2) is 19.4 Å². The van der Waals surface area contributed by atoms with E-state index < -0.39 is 24.1 Å². The summed E-state index contributed by atoms with van der Waals surface area (Å²) in [5.41, 5.74) is 7.52. The largest absolute Gasteiger partial charge is 0.383 e. The van der Waals surface area contributed by atoms with E-state index in [-0.39, 0.29) is 6.42 Å². The van der Waals surface area contributed by atoms with E-state index in [4.69, 9.17) is 10.8 Å². The number of nitrogens with two attached hydrogens (primary N) is 1. The minimum absolute atomic E-state index is 0.231. The number of aliphatic hydroxyl groups excluding tert-OH is 1. The normalized spacial score (nSPS) is 13.7. The van der Waals surface area contributed by atoms with Crippen molar-refractivity contribution < 1.29 is 24.5 Å². The Hall–Kier alpha value is -2.38.